The number of nitrogens with one attached hydrogen (secondary N) is 2. The zero-order valence-electron chi connectivity index (χ0n) is 18.8. The molecule has 0 aromatic heterocycles. The van der Waals surface area contributed by atoms with E-state index in [1.165, 1.54) is 30.5 Å². The lowest BCUT2D eigenvalue weighted by Gasteiger charge is -2.33. The lowest BCUT2D eigenvalue weighted by Crippen LogP contribution is -2.48. The van der Waals surface area contributed by atoms with E-state index in [-0.39, 0.29) is 0 Å². The molecule has 0 radical (unpaired) electrons. The maximum absolute atomic E-state index is 4.96. The lowest BCUT2D eigenvalue weighted by molar-refractivity contribution is 0.198. The van der Waals surface area contributed by atoms with Gasteiger partial charge in [-0.3, -0.25) is 9.89 Å². The lowest BCUT2D eigenvalue weighted by atomic mass is 10.0. The zero-order valence-corrected chi connectivity index (χ0v) is 18.8. The van der Waals surface area contributed by atoms with Crippen molar-refractivity contribution in [3.05, 3.63) is 66.2 Å². The molecule has 2 aliphatic rings. The second kappa shape index (κ2) is 11.2. The Morgan fingerprint density at radius 1 is 0.935 bits per heavy atom. The molecule has 5 nitrogen and oxygen atoms in total. The van der Waals surface area contributed by atoms with Gasteiger partial charge in [0.05, 0.1) is 0 Å². The Hall–Kier alpha value is -2.53. The molecule has 0 amide bonds. The standard InChI is InChI=1S/C26H37N5/c1-2-27-26(28-19-23-13-18-31(21-23)25-11-7-4-8-12-25)29-24-14-16-30(17-15-24)20-22-9-5-3-6-10-22/h3-12,23-24H,2,13-21H2,1H3,(H2,27,28,29). The first kappa shape index (κ1) is 21.7. The van der Waals surface area contributed by atoms with E-state index < -0.39 is 0 Å². The zero-order chi connectivity index (χ0) is 21.3. The van der Waals surface area contributed by atoms with Crippen LogP contribution in [0.3, 0.4) is 0 Å². The number of rotatable bonds is 7. The van der Waals surface area contributed by atoms with Crippen LogP contribution in [0.15, 0.2) is 65.7 Å². The molecule has 31 heavy (non-hydrogen) atoms. The summed E-state index contributed by atoms with van der Waals surface area (Å²) in [6.07, 6.45) is 3.56. The van der Waals surface area contributed by atoms with Crippen LogP contribution >= 0.6 is 0 Å². The Kier molecular flexibility index (Phi) is 7.83. The van der Waals surface area contributed by atoms with E-state index in [9.17, 15) is 0 Å². The van der Waals surface area contributed by atoms with Gasteiger partial charge in [-0.1, -0.05) is 48.5 Å². The van der Waals surface area contributed by atoms with Gasteiger partial charge in [0.25, 0.3) is 0 Å². The average molecular weight is 420 g/mol. The number of benzene rings is 2. The van der Waals surface area contributed by atoms with Gasteiger partial charge in [-0.2, -0.15) is 0 Å². The predicted octanol–water partition coefficient (Wildman–Crippen LogP) is 3.73. The summed E-state index contributed by atoms with van der Waals surface area (Å²) in [6.45, 7) is 9.51. The Balaban J connectivity index is 1.23. The third-order valence-electron chi connectivity index (χ3n) is 6.44. The predicted molar refractivity (Wildman–Crippen MR) is 131 cm³/mol. The van der Waals surface area contributed by atoms with Crippen molar-refractivity contribution < 1.29 is 0 Å². The molecule has 0 aliphatic carbocycles. The highest BCUT2D eigenvalue weighted by atomic mass is 15.2. The monoisotopic (exact) mass is 419 g/mol. The maximum atomic E-state index is 4.96. The number of aliphatic imine (C=N–C) groups is 1. The van der Waals surface area contributed by atoms with Gasteiger partial charge in [0.15, 0.2) is 5.96 Å². The van der Waals surface area contributed by atoms with E-state index >= 15 is 0 Å². The highest BCUT2D eigenvalue weighted by Crippen LogP contribution is 2.23. The van der Waals surface area contributed by atoms with Crippen LogP contribution in [-0.4, -0.2) is 56.2 Å². The van der Waals surface area contributed by atoms with Gasteiger partial charge in [0, 0.05) is 57.5 Å². The second-order valence-electron chi connectivity index (χ2n) is 8.84. The molecular weight excluding hydrogens is 382 g/mol. The first-order valence-electron chi connectivity index (χ1n) is 11.9. The topological polar surface area (TPSA) is 42.9 Å². The van der Waals surface area contributed by atoms with Gasteiger partial charge in [0.2, 0.25) is 0 Å². The van der Waals surface area contributed by atoms with Gasteiger partial charge in [-0.25, -0.2) is 0 Å². The fourth-order valence-electron chi connectivity index (χ4n) is 4.67. The van der Waals surface area contributed by atoms with Crippen LogP contribution < -0.4 is 15.5 Å². The molecule has 2 N–H and O–H groups in total. The molecule has 0 saturated carbocycles. The fourth-order valence-corrected chi connectivity index (χ4v) is 4.67. The van der Waals surface area contributed by atoms with Crippen LogP contribution in [0.25, 0.3) is 0 Å². The third kappa shape index (κ3) is 6.47. The third-order valence-corrected chi connectivity index (χ3v) is 6.44. The van der Waals surface area contributed by atoms with Crippen molar-refractivity contribution >= 4 is 11.6 Å². The van der Waals surface area contributed by atoms with Crippen LogP contribution in [0.1, 0.15) is 31.7 Å². The molecule has 166 valence electrons. The molecule has 1 unspecified atom stereocenters. The van der Waals surface area contributed by atoms with Crippen molar-refractivity contribution in [1.82, 2.24) is 15.5 Å². The quantitative estimate of drug-likeness (QED) is 0.530. The highest BCUT2D eigenvalue weighted by Gasteiger charge is 2.23. The number of para-hydroxylation sites is 1. The summed E-state index contributed by atoms with van der Waals surface area (Å²) in [7, 11) is 0. The molecule has 2 aliphatic heterocycles. The number of hydrogen-bond donors (Lipinski definition) is 2. The molecule has 2 heterocycles. The molecule has 2 aromatic carbocycles. The van der Waals surface area contributed by atoms with E-state index in [2.05, 4.69) is 88.0 Å². The van der Waals surface area contributed by atoms with Crippen LogP contribution in [0.2, 0.25) is 0 Å². The molecule has 0 spiro atoms. The number of nitrogens with zero attached hydrogens (tertiary/aromatic N) is 3. The smallest absolute Gasteiger partial charge is 0.191 e. The van der Waals surface area contributed by atoms with Crippen molar-refractivity contribution in [2.45, 2.75) is 38.8 Å². The Labute approximate surface area is 187 Å². The van der Waals surface area contributed by atoms with Crippen LogP contribution in [0.5, 0.6) is 0 Å². The van der Waals surface area contributed by atoms with Gasteiger partial charge >= 0.3 is 0 Å². The first-order valence-corrected chi connectivity index (χ1v) is 11.9. The number of hydrogen-bond acceptors (Lipinski definition) is 3. The second-order valence-corrected chi connectivity index (χ2v) is 8.84. The number of piperidine rings is 1. The number of likely N-dealkylation sites (tertiary alicyclic amines) is 1. The minimum absolute atomic E-state index is 0.509. The van der Waals surface area contributed by atoms with Crippen molar-refractivity contribution in [1.29, 1.82) is 0 Å². The van der Waals surface area contributed by atoms with Crippen molar-refractivity contribution in [2.24, 2.45) is 10.9 Å². The summed E-state index contributed by atoms with van der Waals surface area (Å²) in [5, 5.41) is 7.17. The molecule has 2 aromatic rings. The van der Waals surface area contributed by atoms with E-state index in [0.717, 1.165) is 51.8 Å². The van der Waals surface area contributed by atoms with Crippen molar-refractivity contribution in [3.63, 3.8) is 0 Å². The summed E-state index contributed by atoms with van der Waals surface area (Å²) in [5.41, 5.74) is 2.74. The maximum Gasteiger partial charge on any atom is 0.191 e. The summed E-state index contributed by atoms with van der Waals surface area (Å²) in [4.78, 5) is 10.0. The van der Waals surface area contributed by atoms with E-state index in [1.807, 2.05) is 0 Å². The van der Waals surface area contributed by atoms with Crippen molar-refractivity contribution in [2.75, 3.05) is 44.2 Å². The Bertz CT molecular complexity index is 799. The Morgan fingerprint density at radius 2 is 1.65 bits per heavy atom. The summed E-state index contributed by atoms with van der Waals surface area (Å²) < 4.78 is 0. The molecule has 5 heteroatoms. The largest absolute Gasteiger partial charge is 0.371 e. The minimum atomic E-state index is 0.509. The SMILES string of the molecule is CCNC(=NCC1CCN(c2ccccc2)C1)NC1CCN(Cc2ccccc2)CC1. The van der Waals surface area contributed by atoms with Gasteiger partial charge in [-0.15, -0.1) is 0 Å². The minimum Gasteiger partial charge on any atom is -0.371 e. The van der Waals surface area contributed by atoms with Crippen LogP contribution in [-0.2, 0) is 6.54 Å². The number of anilines is 1. The first-order chi connectivity index (χ1) is 15.3. The highest BCUT2D eigenvalue weighted by molar-refractivity contribution is 5.80. The molecule has 2 fully saturated rings. The van der Waals surface area contributed by atoms with E-state index in [1.54, 1.807) is 0 Å². The van der Waals surface area contributed by atoms with Gasteiger partial charge < -0.3 is 15.5 Å². The van der Waals surface area contributed by atoms with Crippen LogP contribution in [0, 0.1) is 5.92 Å². The average Bonchev–Trinajstić information content (AvgIpc) is 3.29. The summed E-state index contributed by atoms with van der Waals surface area (Å²) in [6, 6.07) is 22.1. The molecule has 2 saturated heterocycles. The van der Waals surface area contributed by atoms with Gasteiger partial charge in [-0.05, 0) is 49.8 Å². The molecular formula is C26H37N5. The van der Waals surface area contributed by atoms with E-state index in [4.69, 9.17) is 4.99 Å². The number of guanidine groups is 1. The summed E-state index contributed by atoms with van der Waals surface area (Å²) in [5.74, 6) is 1.62. The fraction of sp³-hybridized carbons (Fsp3) is 0.500. The van der Waals surface area contributed by atoms with E-state index in [0.29, 0.717) is 12.0 Å². The van der Waals surface area contributed by atoms with Crippen LogP contribution in [0.4, 0.5) is 5.69 Å². The molecule has 1 atom stereocenters. The van der Waals surface area contributed by atoms with Gasteiger partial charge in [0.1, 0.15) is 0 Å². The normalized spacial score (nSPS) is 20.7. The van der Waals surface area contributed by atoms with Crippen molar-refractivity contribution in [3.8, 4) is 0 Å². The summed E-state index contributed by atoms with van der Waals surface area (Å²) >= 11 is 0. The Morgan fingerprint density at radius 3 is 2.35 bits per heavy atom. The molecule has 4 rings (SSSR count). The molecule has 0 bridgehead atoms.